The molecular formula is C6H11NO2S. The van der Waals surface area contributed by atoms with Crippen LogP contribution in [0.5, 0.6) is 0 Å². The molecule has 3 nitrogen and oxygen atoms in total. The van der Waals surface area contributed by atoms with Gasteiger partial charge in [-0.05, 0) is 12.8 Å². The minimum atomic E-state index is -0.721. The Bertz CT molecular complexity index is 143. The summed E-state index contributed by atoms with van der Waals surface area (Å²) in [7, 11) is 0. The van der Waals surface area contributed by atoms with Crippen LogP contribution >= 0.6 is 12.6 Å². The molecule has 0 aromatic rings. The van der Waals surface area contributed by atoms with E-state index in [0.717, 1.165) is 0 Å². The SMILES string of the molecule is NC1(C(=O)S)CCOCC1. The van der Waals surface area contributed by atoms with Crippen LogP contribution in [0.15, 0.2) is 0 Å². The average Bonchev–Trinajstić information content (AvgIpc) is 1.89. The first kappa shape index (κ1) is 8.04. The largest absolute Gasteiger partial charge is 0.381 e. The fourth-order valence-electron chi connectivity index (χ4n) is 0.950. The molecule has 0 amide bonds. The summed E-state index contributed by atoms with van der Waals surface area (Å²) in [4.78, 5) is 10.8. The first-order valence-corrected chi connectivity index (χ1v) is 3.70. The molecule has 1 fully saturated rings. The maximum Gasteiger partial charge on any atom is 0.205 e. The Labute approximate surface area is 65.3 Å². The van der Waals surface area contributed by atoms with Crippen LogP contribution in [0.2, 0.25) is 0 Å². The zero-order chi connectivity index (χ0) is 7.61. The molecule has 1 saturated heterocycles. The molecule has 0 aliphatic carbocycles. The lowest BCUT2D eigenvalue weighted by molar-refractivity contribution is -0.118. The normalized spacial score (nSPS) is 24.2. The first-order chi connectivity index (χ1) is 4.65. The molecule has 1 heterocycles. The van der Waals surface area contributed by atoms with Crippen molar-refractivity contribution < 1.29 is 9.53 Å². The van der Waals surface area contributed by atoms with Gasteiger partial charge in [0.25, 0.3) is 0 Å². The van der Waals surface area contributed by atoms with Crippen molar-refractivity contribution in [1.82, 2.24) is 0 Å². The average molecular weight is 161 g/mol. The van der Waals surface area contributed by atoms with Crippen LogP contribution in [0, 0.1) is 0 Å². The Hall–Kier alpha value is -0.0600. The van der Waals surface area contributed by atoms with Crippen molar-refractivity contribution >= 4 is 17.7 Å². The molecule has 0 aromatic carbocycles. The van der Waals surface area contributed by atoms with E-state index in [4.69, 9.17) is 10.5 Å². The number of carbonyl (C=O) groups is 1. The van der Waals surface area contributed by atoms with E-state index in [0.29, 0.717) is 26.1 Å². The maximum atomic E-state index is 10.8. The summed E-state index contributed by atoms with van der Waals surface area (Å²) in [6.07, 6.45) is 1.19. The third kappa shape index (κ3) is 1.51. The second-order valence-electron chi connectivity index (χ2n) is 2.57. The van der Waals surface area contributed by atoms with Crippen LogP contribution in [0.4, 0.5) is 0 Å². The molecule has 4 heteroatoms. The highest BCUT2D eigenvalue weighted by atomic mass is 32.1. The van der Waals surface area contributed by atoms with Crippen molar-refractivity contribution in [2.75, 3.05) is 13.2 Å². The minimum Gasteiger partial charge on any atom is -0.381 e. The zero-order valence-electron chi connectivity index (χ0n) is 5.67. The predicted octanol–water partition coefficient (Wildman–Crippen LogP) is -0.0493. The molecule has 0 bridgehead atoms. The highest BCUT2D eigenvalue weighted by Gasteiger charge is 2.33. The highest BCUT2D eigenvalue weighted by molar-refractivity contribution is 7.96. The molecule has 0 radical (unpaired) electrons. The van der Waals surface area contributed by atoms with Crippen molar-refractivity contribution in [3.63, 3.8) is 0 Å². The molecule has 0 atom stereocenters. The fourth-order valence-corrected chi connectivity index (χ4v) is 1.17. The van der Waals surface area contributed by atoms with Gasteiger partial charge in [-0.2, -0.15) is 0 Å². The standard InChI is InChI=1S/C6H11NO2S/c7-6(5(8)10)1-3-9-4-2-6/h1-4,7H2,(H,8,10). The summed E-state index contributed by atoms with van der Waals surface area (Å²) < 4.78 is 5.05. The van der Waals surface area contributed by atoms with E-state index in [2.05, 4.69) is 12.6 Å². The molecular weight excluding hydrogens is 150 g/mol. The number of ether oxygens (including phenoxy) is 1. The molecule has 0 aromatic heterocycles. The summed E-state index contributed by atoms with van der Waals surface area (Å²) in [5.74, 6) is 0. The van der Waals surface area contributed by atoms with Gasteiger partial charge < -0.3 is 10.5 Å². The van der Waals surface area contributed by atoms with Crippen molar-refractivity contribution in [2.24, 2.45) is 5.73 Å². The van der Waals surface area contributed by atoms with Gasteiger partial charge in [-0.3, -0.25) is 4.79 Å². The van der Waals surface area contributed by atoms with Gasteiger partial charge in [0, 0.05) is 13.2 Å². The Kier molecular flexibility index (Phi) is 2.33. The molecule has 10 heavy (non-hydrogen) atoms. The molecule has 58 valence electrons. The number of thiol groups is 1. The quantitative estimate of drug-likeness (QED) is 0.530. The van der Waals surface area contributed by atoms with E-state index < -0.39 is 5.54 Å². The summed E-state index contributed by atoms with van der Waals surface area (Å²) in [5, 5.41) is -0.226. The van der Waals surface area contributed by atoms with Crippen molar-refractivity contribution in [3.05, 3.63) is 0 Å². The van der Waals surface area contributed by atoms with E-state index in [1.807, 2.05) is 0 Å². The number of rotatable bonds is 1. The van der Waals surface area contributed by atoms with Gasteiger partial charge in [0.05, 0.1) is 5.54 Å². The lowest BCUT2D eigenvalue weighted by atomic mass is 9.93. The number of hydrogen-bond donors (Lipinski definition) is 2. The Balaban J connectivity index is 2.56. The van der Waals surface area contributed by atoms with Gasteiger partial charge >= 0.3 is 0 Å². The van der Waals surface area contributed by atoms with Crippen LogP contribution in [0.1, 0.15) is 12.8 Å². The minimum absolute atomic E-state index is 0.226. The lowest BCUT2D eigenvalue weighted by Crippen LogP contribution is -2.49. The van der Waals surface area contributed by atoms with E-state index in [9.17, 15) is 4.79 Å². The summed E-state index contributed by atoms with van der Waals surface area (Å²) in [5.41, 5.74) is 4.98. The molecule has 0 spiro atoms. The molecule has 1 aliphatic rings. The van der Waals surface area contributed by atoms with E-state index in [1.165, 1.54) is 0 Å². The third-order valence-corrected chi connectivity index (χ3v) is 2.26. The molecule has 1 rings (SSSR count). The molecule has 0 unspecified atom stereocenters. The second-order valence-corrected chi connectivity index (χ2v) is 2.98. The lowest BCUT2D eigenvalue weighted by Gasteiger charge is -2.29. The van der Waals surface area contributed by atoms with Crippen LogP contribution in [0.25, 0.3) is 0 Å². The summed E-state index contributed by atoms with van der Waals surface area (Å²) in [6, 6.07) is 0. The molecule has 1 aliphatic heterocycles. The van der Waals surface area contributed by atoms with Gasteiger partial charge in [0.15, 0.2) is 0 Å². The first-order valence-electron chi connectivity index (χ1n) is 3.25. The summed E-state index contributed by atoms with van der Waals surface area (Å²) >= 11 is 3.71. The monoisotopic (exact) mass is 161 g/mol. The number of nitrogens with two attached hydrogens (primary N) is 1. The molecule has 0 saturated carbocycles. The van der Waals surface area contributed by atoms with Crippen molar-refractivity contribution in [3.8, 4) is 0 Å². The van der Waals surface area contributed by atoms with Gasteiger partial charge in [-0.25, -0.2) is 0 Å². The predicted molar refractivity (Wildman–Crippen MR) is 41.0 cm³/mol. The third-order valence-electron chi connectivity index (χ3n) is 1.81. The van der Waals surface area contributed by atoms with E-state index >= 15 is 0 Å². The van der Waals surface area contributed by atoms with E-state index in [-0.39, 0.29) is 5.12 Å². The topological polar surface area (TPSA) is 52.3 Å². The smallest absolute Gasteiger partial charge is 0.205 e. The van der Waals surface area contributed by atoms with Crippen LogP contribution in [-0.2, 0) is 9.53 Å². The van der Waals surface area contributed by atoms with Gasteiger partial charge in [-0.1, -0.05) is 0 Å². The van der Waals surface area contributed by atoms with Crippen LogP contribution in [-0.4, -0.2) is 23.9 Å². The van der Waals surface area contributed by atoms with Crippen LogP contribution < -0.4 is 5.73 Å². The summed E-state index contributed by atoms with van der Waals surface area (Å²) in [6.45, 7) is 1.14. The van der Waals surface area contributed by atoms with E-state index in [1.54, 1.807) is 0 Å². The Morgan fingerprint density at radius 3 is 2.30 bits per heavy atom. The van der Waals surface area contributed by atoms with Crippen molar-refractivity contribution in [1.29, 1.82) is 0 Å². The second kappa shape index (κ2) is 2.90. The van der Waals surface area contributed by atoms with Crippen molar-refractivity contribution in [2.45, 2.75) is 18.4 Å². The highest BCUT2D eigenvalue weighted by Crippen LogP contribution is 2.19. The van der Waals surface area contributed by atoms with Gasteiger partial charge in [-0.15, -0.1) is 12.6 Å². The number of carbonyl (C=O) groups excluding carboxylic acids is 1. The molecule has 2 N–H and O–H groups in total. The van der Waals surface area contributed by atoms with Crippen LogP contribution in [0.3, 0.4) is 0 Å². The Morgan fingerprint density at radius 1 is 1.50 bits per heavy atom. The fraction of sp³-hybridized carbons (Fsp3) is 0.833. The maximum absolute atomic E-state index is 10.8. The Morgan fingerprint density at radius 2 is 2.00 bits per heavy atom. The zero-order valence-corrected chi connectivity index (χ0v) is 6.56. The number of hydrogen-bond acceptors (Lipinski definition) is 3. The van der Waals surface area contributed by atoms with Gasteiger partial charge in [0.2, 0.25) is 5.12 Å². The van der Waals surface area contributed by atoms with Gasteiger partial charge in [0.1, 0.15) is 0 Å².